The van der Waals surface area contributed by atoms with Gasteiger partial charge in [0.25, 0.3) is 0 Å². The van der Waals surface area contributed by atoms with Crippen molar-refractivity contribution in [1.29, 1.82) is 0 Å². The first-order chi connectivity index (χ1) is 15.2. The van der Waals surface area contributed by atoms with E-state index >= 15 is 0 Å². The molecule has 3 aromatic carbocycles. The first kappa shape index (κ1) is 20.4. The van der Waals surface area contributed by atoms with Crippen LogP contribution in [-0.4, -0.2) is 26.4 Å². The maximum atomic E-state index is 12.2. The van der Waals surface area contributed by atoms with Crippen LogP contribution >= 0.6 is 0 Å². The lowest BCUT2D eigenvalue weighted by Gasteiger charge is -2.14. The van der Waals surface area contributed by atoms with Crippen molar-refractivity contribution >= 4 is 11.8 Å². The van der Waals surface area contributed by atoms with E-state index in [-0.39, 0.29) is 5.92 Å². The van der Waals surface area contributed by atoms with E-state index in [1.54, 1.807) is 25.3 Å². The Morgan fingerprint density at radius 2 is 1.71 bits per heavy atom. The maximum Gasteiger partial charge on any atom is 0.407 e. The number of carbonyl (C=O) groups excluding carboxylic acids is 1. The van der Waals surface area contributed by atoms with Crippen molar-refractivity contribution in [2.45, 2.75) is 12.3 Å². The number of methoxy groups -OCH3 is 1. The molecule has 0 aromatic heterocycles. The van der Waals surface area contributed by atoms with E-state index in [4.69, 9.17) is 15.2 Å². The lowest BCUT2D eigenvalue weighted by Crippen LogP contribution is -2.26. The number of carbonyl (C=O) groups is 1. The van der Waals surface area contributed by atoms with Crippen LogP contribution in [0.3, 0.4) is 0 Å². The second-order valence-electron chi connectivity index (χ2n) is 7.26. The van der Waals surface area contributed by atoms with Gasteiger partial charge in [-0.3, -0.25) is 0 Å². The molecule has 0 atom stereocenters. The molecule has 156 valence electrons. The molecule has 0 saturated heterocycles. The zero-order valence-corrected chi connectivity index (χ0v) is 17.4. The number of amides is 1. The van der Waals surface area contributed by atoms with Gasteiger partial charge in [0.15, 0.2) is 0 Å². The van der Waals surface area contributed by atoms with Gasteiger partial charge in [-0.15, -0.1) is 0 Å². The molecule has 0 fully saturated rings. The molecule has 4 rings (SSSR count). The molecule has 0 heterocycles. The molecule has 31 heavy (non-hydrogen) atoms. The Balaban J connectivity index is 1.30. The fourth-order valence-electron chi connectivity index (χ4n) is 3.86. The van der Waals surface area contributed by atoms with Gasteiger partial charge in [-0.2, -0.15) is 0 Å². The number of fused-ring (bicyclic) bond motifs is 3. The summed E-state index contributed by atoms with van der Waals surface area (Å²) in [6.45, 7) is 0.695. The van der Waals surface area contributed by atoms with Gasteiger partial charge in [0, 0.05) is 24.6 Å². The SMILES string of the molecule is COc1ccc(N)cc1C#CCCNC(=O)OCC1c2ccccc2-c2ccccc21. The van der Waals surface area contributed by atoms with Crippen LogP contribution in [0.1, 0.15) is 29.0 Å². The third-order valence-electron chi connectivity index (χ3n) is 5.31. The van der Waals surface area contributed by atoms with Crippen molar-refractivity contribution in [3.63, 3.8) is 0 Å². The van der Waals surface area contributed by atoms with Crippen molar-refractivity contribution < 1.29 is 14.3 Å². The zero-order chi connectivity index (χ0) is 21.6. The molecule has 3 N–H and O–H groups in total. The first-order valence-electron chi connectivity index (χ1n) is 10.2. The fourth-order valence-corrected chi connectivity index (χ4v) is 3.86. The van der Waals surface area contributed by atoms with E-state index in [0.717, 1.165) is 5.56 Å². The number of alkyl carbamates (subject to hydrolysis) is 1. The van der Waals surface area contributed by atoms with E-state index in [0.29, 0.717) is 31.0 Å². The average molecular weight is 412 g/mol. The topological polar surface area (TPSA) is 73.6 Å². The number of hydrogen-bond acceptors (Lipinski definition) is 4. The number of hydrogen-bond donors (Lipinski definition) is 2. The van der Waals surface area contributed by atoms with Crippen LogP contribution in [0.25, 0.3) is 11.1 Å². The van der Waals surface area contributed by atoms with Gasteiger partial charge in [0.05, 0.1) is 12.7 Å². The van der Waals surface area contributed by atoms with Gasteiger partial charge in [-0.05, 0) is 40.5 Å². The smallest absolute Gasteiger partial charge is 0.407 e. The van der Waals surface area contributed by atoms with Crippen LogP contribution in [0, 0.1) is 11.8 Å². The first-order valence-corrected chi connectivity index (χ1v) is 10.2. The standard InChI is InChI=1S/C26H24N2O3/c1-30-25-14-13-19(27)16-18(25)8-6-7-15-28-26(29)31-17-24-22-11-4-2-9-20(22)21-10-3-5-12-23(21)24/h2-5,9-14,16,24H,7,15,17,27H2,1H3,(H,28,29). The third kappa shape index (κ3) is 4.49. The minimum absolute atomic E-state index is 0.0499. The van der Waals surface area contributed by atoms with Gasteiger partial charge in [0.1, 0.15) is 12.4 Å². The zero-order valence-electron chi connectivity index (χ0n) is 17.4. The number of rotatable bonds is 5. The second-order valence-corrected chi connectivity index (χ2v) is 7.26. The molecule has 1 aliphatic carbocycles. The van der Waals surface area contributed by atoms with Gasteiger partial charge in [-0.1, -0.05) is 60.4 Å². The van der Waals surface area contributed by atoms with Crippen LogP contribution in [0.15, 0.2) is 66.7 Å². The molecular weight excluding hydrogens is 388 g/mol. The minimum atomic E-state index is -0.440. The van der Waals surface area contributed by atoms with Crippen LogP contribution in [-0.2, 0) is 4.74 Å². The maximum absolute atomic E-state index is 12.2. The third-order valence-corrected chi connectivity index (χ3v) is 5.31. The highest BCUT2D eigenvalue weighted by Gasteiger charge is 2.28. The monoisotopic (exact) mass is 412 g/mol. The summed E-state index contributed by atoms with van der Waals surface area (Å²) in [6, 6.07) is 21.9. The minimum Gasteiger partial charge on any atom is -0.495 e. The summed E-state index contributed by atoms with van der Waals surface area (Å²) in [4.78, 5) is 12.2. The molecule has 0 spiro atoms. The molecule has 0 saturated carbocycles. The van der Waals surface area contributed by atoms with E-state index in [1.165, 1.54) is 22.3 Å². The highest BCUT2D eigenvalue weighted by molar-refractivity contribution is 5.79. The summed E-state index contributed by atoms with van der Waals surface area (Å²) in [7, 11) is 1.59. The Labute approximate surface area is 182 Å². The molecular formula is C26H24N2O3. The Morgan fingerprint density at radius 3 is 2.39 bits per heavy atom. The molecule has 0 aliphatic heterocycles. The van der Waals surface area contributed by atoms with Crippen LogP contribution in [0.4, 0.5) is 10.5 Å². The lowest BCUT2D eigenvalue weighted by molar-refractivity contribution is 0.143. The largest absolute Gasteiger partial charge is 0.495 e. The van der Waals surface area contributed by atoms with Crippen molar-refractivity contribution in [1.82, 2.24) is 5.32 Å². The van der Waals surface area contributed by atoms with Crippen LogP contribution in [0.5, 0.6) is 5.75 Å². The Morgan fingerprint density at radius 1 is 1.03 bits per heavy atom. The number of benzene rings is 3. The molecule has 0 radical (unpaired) electrons. The highest BCUT2D eigenvalue weighted by atomic mass is 16.5. The number of ether oxygens (including phenoxy) is 2. The molecule has 0 bridgehead atoms. The summed E-state index contributed by atoms with van der Waals surface area (Å²) in [6.07, 6.45) is 0.0486. The highest BCUT2D eigenvalue weighted by Crippen LogP contribution is 2.44. The fraction of sp³-hybridized carbons (Fsp3) is 0.192. The normalized spacial score (nSPS) is 11.6. The van der Waals surface area contributed by atoms with Crippen molar-refractivity contribution in [3.8, 4) is 28.7 Å². The Bertz CT molecular complexity index is 1120. The van der Waals surface area contributed by atoms with Gasteiger partial charge >= 0.3 is 6.09 Å². The number of nitrogens with two attached hydrogens (primary N) is 1. The van der Waals surface area contributed by atoms with E-state index in [2.05, 4.69) is 41.4 Å². The van der Waals surface area contributed by atoms with E-state index in [1.807, 2.05) is 24.3 Å². The van der Waals surface area contributed by atoms with Crippen molar-refractivity contribution in [3.05, 3.63) is 83.4 Å². The number of nitrogens with one attached hydrogen (secondary N) is 1. The molecule has 0 unspecified atom stereocenters. The van der Waals surface area contributed by atoms with Crippen molar-refractivity contribution in [2.24, 2.45) is 0 Å². The summed E-state index contributed by atoms with van der Waals surface area (Å²) in [5, 5.41) is 2.76. The molecule has 5 heteroatoms. The quantitative estimate of drug-likeness (QED) is 0.366. The molecule has 5 nitrogen and oxygen atoms in total. The van der Waals surface area contributed by atoms with Gasteiger partial charge in [-0.25, -0.2) is 4.79 Å². The number of nitrogen functional groups attached to an aromatic ring is 1. The summed E-state index contributed by atoms with van der Waals surface area (Å²) in [5.41, 5.74) is 12.0. The number of anilines is 1. The molecule has 3 aromatic rings. The summed E-state index contributed by atoms with van der Waals surface area (Å²) in [5.74, 6) is 6.78. The second kappa shape index (κ2) is 9.27. The van der Waals surface area contributed by atoms with Crippen LogP contribution in [0.2, 0.25) is 0 Å². The van der Waals surface area contributed by atoms with Crippen molar-refractivity contribution in [2.75, 3.05) is 26.0 Å². The molecule has 1 aliphatic rings. The molecule has 1 amide bonds. The van der Waals surface area contributed by atoms with E-state index < -0.39 is 6.09 Å². The van der Waals surface area contributed by atoms with Gasteiger partial charge in [0.2, 0.25) is 0 Å². The lowest BCUT2D eigenvalue weighted by atomic mass is 9.98. The average Bonchev–Trinajstić information content (AvgIpc) is 3.11. The van der Waals surface area contributed by atoms with E-state index in [9.17, 15) is 4.79 Å². The van der Waals surface area contributed by atoms with Gasteiger partial charge < -0.3 is 20.5 Å². The predicted octanol–water partition coefficient (Wildman–Crippen LogP) is 4.56. The Kier molecular flexibility index (Phi) is 6.09. The summed E-state index contributed by atoms with van der Waals surface area (Å²) < 4.78 is 10.8. The van der Waals surface area contributed by atoms with Crippen LogP contribution < -0.4 is 15.8 Å². The Hall–Kier alpha value is -3.91. The summed E-state index contributed by atoms with van der Waals surface area (Å²) >= 11 is 0. The predicted molar refractivity (Wildman–Crippen MR) is 122 cm³/mol.